The number of carboxylic acid groups (broad SMARTS) is 1. The van der Waals surface area contributed by atoms with Gasteiger partial charge in [-0.15, -0.1) is 0 Å². The van der Waals surface area contributed by atoms with Crippen LogP contribution in [0.1, 0.15) is 48.0 Å². The van der Waals surface area contributed by atoms with Gasteiger partial charge in [0, 0.05) is 31.7 Å². The molecule has 1 heterocycles. The molecule has 120 valence electrons. The molecule has 5 nitrogen and oxygen atoms in total. The highest BCUT2D eigenvalue weighted by molar-refractivity contribution is 5.94. The topological polar surface area (TPSA) is 66.8 Å². The van der Waals surface area contributed by atoms with Crippen molar-refractivity contribution in [2.45, 2.75) is 44.8 Å². The molecular weight excluding hydrogens is 282 g/mol. The Balaban J connectivity index is 2.05. The van der Waals surface area contributed by atoms with Crippen LogP contribution in [0.25, 0.3) is 0 Å². The highest BCUT2D eigenvalue weighted by Crippen LogP contribution is 2.23. The maximum absolute atomic E-state index is 12.7. The van der Waals surface area contributed by atoms with E-state index in [1.807, 2.05) is 29.2 Å². The van der Waals surface area contributed by atoms with Gasteiger partial charge in [0.2, 0.25) is 0 Å². The van der Waals surface area contributed by atoms with Crippen LogP contribution in [0.5, 0.6) is 0 Å². The number of amides is 1. The van der Waals surface area contributed by atoms with Gasteiger partial charge in [-0.2, -0.15) is 0 Å². The van der Waals surface area contributed by atoms with Crippen LogP contribution < -0.4 is 0 Å². The Kier molecular flexibility index (Phi) is 5.95. The first-order chi connectivity index (χ1) is 10.6. The summed E-state index contributed by atoms with van der Waals surface area (Å²) in [4.78, 5) is 25.3. The second kappa shape index (κ2) is 7.94. The zero-order valence-corrected chi connectivity index (χ0v) is 13.0. The van der Waals surface area contributed by atoms with E-state index in [1.54, 1.807) is 7.11 Å². The monoisotopic (exact) mass is 305 g/mol. The lowest BCUT2D eigenvalue weighted by Gasteiger charge is -2.35. The van der Waals surface area contributed by atoms with Crippen molar-refractivity contribution in [1.29, 1.82) is 0 Å². The number of methoxy groups -OCH3 is 1. The van der Waals surface area contributed by atoms with Gasteiger partial charge < -0.3 is 14.7 Å². The van der Waals surface area contributed by atoms with Gasteiger partial charge in [-0.3, -0.25) is 9.59 Å². The second-order valence-corrected chi connectivity index (χ2v) is 5.71. The van der Waals surface area contributed by atoms with Crippen LogP contribution in [0, 0.1) is 0 Å². The van der Waals surface area contributed by atoms with Crippen molar-refractivity contribution in [2.24, 2.45) is 0 Å². The Labute approximate surface area is 130 Å². The first-order valence-electron chi connectivity index (χ1n) is 7.72. The van der Waals surface area contributed by atoms with E-state index in [2.05, 4.69) is 0 Å². The van der Waals surface area contributed by atoms with Crippen LogP contribution in [0.3, 0.4) is 0 Å². The third-order valence-corrected chi connectivity index (χ3v) is 4.09. The fourth-order valence-electron chi connectivity index (χ4n) is 2.93. The predicted octanol–water partition coefficient (Wildman–Crippen LogP) is 2.69. The normalized spacial score (nSPS) is 18.2. The maximum Gasteiger partial charge on any atom is 0.303 e. The van der Waals surface area contributed by atoms with E-state index in [4.69, 9.17) is 9.84 Å². The van der Waals surface area contributed by atoms with Crippen LogP contribution in [-0.2, 0) is 16.1 Å². The molecule has 0 unspecified atom stereocenters. The molecule has 1 amide bonds. The fourth-order valence-corrected chi connectivity index (χ4v) is 2.93. The molecule has 2 rings (SSSR count). The van der Waals surface area contributed by atoms with Crippen molar-refractivity contribution >= 4 is 11.9 Å². The molecule has 0 aromatic heterocycles. The number of likely N-dealkylation sites (tertiary alicyclic amines) is 1. The Bertz CT molecular complexity index is 512. The van der Waals surface area contributed by atoms with E-state index < -0.39 is 5.97 Å². The Hall–Kier alpha value is -1.88. The van der Waals surface area contributed by atoms with Gasteiger partial charge in [0.25, 0.3) is 5.91 Å². The number of aliphatic carboxylic acids is 1. The second-order valence-electron chi connectivity index (χ2n) is 5.71. The van der Waals surface area contributed by atoms with Crippen molar-refractivity contribution in [1.82, 2.24) is 4.90 Å². The van der Waals surface area contributed by atoms with Crippen molar-refractivity contribution in [3.05, 3.63) is 35.4 Å². The number of carbonyl (C=O) groups is 2. The molecule has 1 N–H and O–H groups in total. The maximum atomic E-state index is 12.7. The average Bonchev–Trinajstić information content (AvgIpc) is 2.53. The summed E-state index contributed by atoms with van der Waals surface area (Å²) >= 11 is 0. The average molecular weight is 305 g/mol. The molecule has 1 aliphatic rings. The molecule has 1 aromatic rings. The summed E-state index contributed by atoms with van der Waals surface area (Å²) < 4.78 is 5.07. The number of carboxylic acids is 1. The number of nitrogens with zero attached hydrogens (tertiary/aromatic N) is 1. The van der Waals surface area contributed by atoms with Crippen LogP contribution >= 0.6 is 0 Å². The van der Waals surface area contributed by atoms with Gasteiger partial charge in [-0.1, -0.05) is 12.1 Å². The van der Waals surface area contributed by atoms with Crippen molar-refractivity contribution in [2.75, 3.05) is 13.7 Å². The highest BCUT2D eigenvalue weighted by atomic mass is 16.5. The number of rotatable bonds is 6. The Morgan fingerprint density at radius 1 is 1.27 bits per heavy atom. The van der Waals surface area contributed by atoms with E-state index in [0.717, 1.165) is 24.8 Å². The summed E-state index contributed by atoms with van der Waals surface area (Å²) in [6.07, 6.45) is 3.57. The van der Waals surface area contributed by atoms with Crippen molar-refractivity contribution in [3.8, 4) is 0 Å². The van der Waals surface area contributed by atoms with Gasteiger partial charge in [-0.25, -0.2) is 0 Å². The zero-order valence-electron chi connectivity index (χ0n) is 13.0. The van der Waals surface area contributed by atoms with Gasteiger partial charge >= 0.3 is 5.97 Å². The molecule has 0 saturated carbocycles. The highest BCUT2D eigenvalue weighted by Gasteiger charge is 2.27. The first kappa shape index (κ1) is 16.5. The fraction of sp³-hybridized carbons (Fsp3) is 0.529. The molecule has 0 bridgehead atoms. The van der Waals surface area contributed by atoms with E-state index in [9.17, 15) is 9.59 Å². The van der Waals surface area contributed by atoms with E-state index >= 15 is 0 Å². The van der Waals surface area contributed by atoms with Gasteiger partial charge in [0.05, 0.1) is 6.61 Å². The molecule has 1 aliphatic heterocycles. The number of piperidine rings is 1. The molecule has 1 saturated heterocycles. The summed E-state index contributed by atoms with van der Waals surface area (Å²) in [6.45, 7) is 1.24. The molecule has 1 atom stereocenters. The molecule has 0 spiro atoms. The molecular formula is C17H23NO4. The molecule has 5 heteroatoms. The Morgan fingerprint density at radius 3 is 2.64 bits per heavy atom. The van der Waals surface area contributed by atoms with Crippen molar-refractivity contribution < 1.29 is 19.4 Å². The minimum Gasteiger partial charge on any atom is -0.481 e. The summed E-state index contributed by atoms with van der Waals surface area (Å²) in [5.41, 5.74) is 1.68. The Morgan fingerprint density at radius 2 is 2.00 bits per heavy atom. The quantitative estimate of drug-likeness (QED) is 0.877. The van der Waals surface area contributed by atoms with Crippen LogP contribution in [0.2, 0.25) is 0 Å². The van der Waals surface area contributed by atoms with E-state index in [0.29, 0.717) is 25.1 Å². The number of hydrogen-bond donors (Lipinski definition) is 1. The number of ether oxygens (including phenoxy) is 1. The van der Waals surface area contributed by atoms with E-state index in [1.165, 1.54) is 0 Å². The lowest BCUT2D eigenvalue weighted by molar-refractivity contribution is -0.137. The van der Waals surface area contributed by atoms with Crippen molar-refractivity contribution in [3.63, 3.8) is 0 Å². The van der Waals surface area contributed by atoms with Gasteiger partial charge in [0.15, 0.2) is 0 Å². The summed E-state index contributed by atoms with van der Waals surface area (Å²) in [7, 11) is 1.64. The van der Waals surface area contributed by atoms with E-state index in [-0.39, 0.29) is 18.4 Å². The minimum atomic E-state index is -0.804. The lowest BCUT2D eigenvalue weighted by Crippen LogP contribution is -2.43. The lowest BCUT2D eigenvalue weighted by atomic mass is 9.96. The minimum absolute atomic E-state index is 0.000874. The molecule has 1 fully saturated rings. The third kappa shape index (κ3) is 4.31. The van der Waals surface area contributed by atoms with Gasteiger partial charge in [0.1, 0.15) is 0 Å². The standard InChI is InChI=1S/C17H23NO4/c1-22-12-13-5-7-14(8-6-13)17(21)18-11-3-2-4-15(18)9-10-16(19)20/h5-8,15H,2-4,9-12H2,1H3,(H,19,20)/t15-/m0/s1. The summed E-state index contributed by atoms with van der Waals surface area (Å²) in [5, 5.41) is 8.85. The number of hydrogen-bond acceptors (Lipinski definition) is 3. The summed E-state index contributed by atoms with van der Waals surface area (Å²) in [6, 6.07) is 7.47. The molecule has 22 heavy (non-hydrogen) atoms. The largest absolute Gasteiger partial charge is 0.481 e. The smallest absolute Gasteiger partial charge is 0.303 e. The predicted molar refractivity (Wildman–Crippen MR) is 82.7 cm³/mol. The SMILES string of the molecule is COCc1ccc(C(=O)N2CCCC[C@H]2CCC(=O)O)cc1. The zero-order chi connectivity index (χ0) is 15.9. The number of benzene rings is 1. The molecule has 1 aromatic carbocycles. The van der Waals surface area contributed by atoms with Crippen LogP contribution in [-0.4, -0.2) is 41.6 Å². The molecule has 0 aliphatic carbocycles. The molecule has 0 radical (unpaired) electrons. The van der Waals surface area contributed by atoms with Gasteiger partial charge in [-0.05, 0) is 43.4 Å². The first-order valence-corrected chi connectivity index (χ1v) is 7.72. The van der Waals surface area contributed by atoms with Crippen LogP contribution in [0.15, 0.2) is 24.3 Å². The summed E-state index contributed by atoms with van der Waals surface area (Å²) in [5.74, 6) is -0.805. The number of carbonyl (C=O) groups excluding carboxylic acids is 1. The third-order valence-electron chi connectivity index (χ3n) is 4.09. The van der Waals surface area contributed by atoms with Crippen LogP contribution in [0.4, 0.5) is 0 Å².